The lowest BCUT2D eigenvalue weighted by Crippen LogP contribution is -2.51. The van der Waals surface area contributed by atoms with Crippen molar-refractivity contribution >= 4 is 22.0 Å². The highest BCUT2D eigenvalue weighted by Gasteiger charge is 2.72. The second-order valence-corrected chi connectivity index (χ2v) is 7.87. The van der Waals surface area contributed by atoms with Crippen LogP contribution in [0.2, 0.25) is 0 Å². The molecule has 0 aliphatic carbocycles. The van der Waals surface area contributed by atoms with Gasteiger partial charge in [-0.05, 0) is 12.1 Å². The van der Waals surface area contributed by atoms with Crippen molar-refractivity contribution in [1.29, 1.82) is 0 Å². The quantitative estimate of drug-likeness (QED) is 0.727. The molecule has 1 N–H and O–H groups in total. The van der Waals surface area contributed by atoms with Gasteiger partial charge in [0.25, 0.3) is 0 Å². The van der Waals surface area contributed by atoms with Gasteiger partial charge in [0.1, 0.15) is 23.4 Å². The first kappa shape index (κ1) is 15.6. The molecular formula is C15H15NO7S. The lowest BCUT2D eigenvalue weighted by Gasteiger charge is -2.27. The molecule has 3 heterocycles. The summed E-state index contributed by atoms with van der Waals surface area (Å²) in [5.74, 6) is -2.29. The van der Waals surface area contributed by atoms with Crippen LogP contribution in [0.1, 0.15) is 10.4 Å². The van der Waals surface area contributed by atoms with Crippen LogP contribution in [-0.4, -0.2) is 57.1 Å². The molecule has 3 saturated heterocycles. The van der Waals surface area contributed by atoms with Crippen molar-refractivity contribution in [3.8, 4) is 0 Å². The smallest absolute Gasteiger partial charge is 0.338 e. The van der Waals surface area contributed by atoms with Crippen molar-refractivity contribution in [3.63, 3.8) is 0 Å². The van der Waals surface area contributed by atoms with Crippen LogP contribution in [0.15, 0.2) is 30.3 Å². The summed E-state index contributed by atoms with van der Waals surface area (Å²) in [5, 5.41) is -1.01. The average molecular weight is 353 g/mol. The maximum absolute atomic E-state index is 12.3. The van der Waals surface area contributed by atoms with Gasteiger partial charge in [-0.1, -0.05) is 18.2 Å². The zero-order chi connectivity index (χ0) is 17.1. The van der Waals surface area contributed by atoms with Gasteiger partial charge in [-0.2, -0.15) is 0 Å². The number of sulfonamides is 1. The third-order valence-corrected chi connectivity index (χ3v) is 6.64. The fourth-order valence-electron chi connectivity index (χ4n) is 3.78. The first-order chi connectivity index (χ1) is 11.4. The molecule has 0 aromatic heterocycles. The number of nitrogens with one attached hydrogen (secondary N) is 1. The number of methoxy groups -OCH3 is 1. The Morgan fingerprint density at radius 2 is 1.88 bits per heavy atom. The predicted octanol–water partition coefficient (Wildman–Crippen LogP) is -0.548. The number of carbonyl (C=O) groups excluding carboxylic acids is 2. The van der Waals surface area contributed by atoms with E-state index in [1.807, 2.05) is 0 Å². The van der Waals surface area contributed by atoms with Crippen molar-refractivity contribution in [2.75, 3.05) is 7.11 Å². The molecule has 9 heteroatoms. The number of hydrogen-bond acceptors (Lipinski definition) is 7. The Hall–Kier alpha value is -1.97. The standard InChI is InChI=1S/C15H15NO7S/c1-21-15(18)8-10-11(23-14(17)7-5-3-2-4-6-7)9-12(22-10)13(8)24(19,20)16-9/h2-6,8-13,16H,1H3. The van der Waals surface area contributed by atoms with Crippen LogP contribution in [0.3, 0.4) is 0 Å². The van der Waals surface area contributed by atoms with Crippen LogP contribution in [0.25, 0.3) is 0 Å². The van der Waals surface area contributed by atoms with Gasteiger partial charge in [-0.3, -0.25) is 4.79 Å². The molecule has 0 saturated carbocycles. The molecule has 0 spiro atoms. The van der Waals surface area contributed by atoms with Crippen LogP contribution < -0.4 is 4.72 Å². The number of hydrogen-bond donors (Lipinski definition) is 1. The largest absolute Gasteiger partial charge is 0.469 e. The first-order valence-corrected chi connectivity index (χ1v) is 8.99. The van der Waals surface area contributed by atoms with Crippen LogP contribution in [0, 0.1) is 5.92 Å². The van der Waals surface area contributed by atoms with E-state index in [4.69, 9.17) is 14.2 Å². The maximum atomic E-state index is 12.3. The highest BCUT2D eigenvalue weighted by atomic mass is 32.2. The number of benzene rings is 1. The summed E-state index contributed by atoms with van der Waals surface area (Å²) in [6, 6.07) is 7.66. The van der Waals surface area contributed by atoms with Gasteiger partial charge in [-0.25, -0.2) is 17.9 Å². The van der Waals surface area contributed by atoms with Gasteiger partial charge in [0.05, 0.1) is 24.8 Å². The van der Waals surface area contributed by atoms with Crippen molar-refractivity contribution in [2.45, 2.75) is 29.6 Å². The van der Waals surface area contributed by atoms with Crippen LogP contribution in [-0.2, 0) is 29.0 Å². The molecule has 8 nitrogen and oxygen atoms in total. The minimum absolute atomic E-state index is 0.340. The van der Waals surface area contributed by atoms with Crippen molar-refractivity contribution < 1.29 is 32.2 Å². The fraction of sp³-hybridized carbons (Fsp3) is 0.467. The zero-order valence-electron chi connectivity index (χ0n) is 12.6. The van der Waals surface area contributed by atoms with Gasteiger partial charge in [0.2, 0.25) is 10.0 Å². The Morgan fingerprint density at radius 1 is 1.17 bits per heavy atom. The average Bonchev–Trinajstić information content (AvgIpc) is 3.17. The summed E-state index contributed by atoms with van der Waals surface area (Å²) in [7, 11) is -2.55. The monoisotopic (exact) mass is 353 g/mol. The van der Waals surface area contributed by atoms with Crippen molar-refractivity contribution in [1.82, 2.24) is 4.72 Å². The van der Waals surface area contributed by atoms with E-state index in [9.17, 15) is 18.0 Å². The number of rotatable bonds is 3. The Kier molecular flexibility index (Phi) is 3.41. The van der Waals surface area contributed by atoms with E-state index < -0.39 is 57.5 Å². The second kappa shape index (κ2) is 5.27. The molecule has 3 aliphatic rings. The summed E-state index contributed by atoms with van der Waals surface area (Å²) in [6.07, 6.45) is -2.44. The predicted molar refractivity (Wildman–Crippen MR) is 79.4 cm³/mol. The molecule has 0 radical (unpaired) electrons. The Morgan fingerprint density at radius 3 is 2.54 bits per heavy atom. The SMILES string of the molecule is COC(=O)C1C2OC3C(NS(=O)(=O)C31)C2OC(=O)c1ccccc1. The van der Waals surface area contributed by atoms with Gasteiger partial charge < -0.3 is 14.2 Å². The fourth-order valence-corrected chi connectivity index (χ4v) is 5.82. The molecule has 1 aromatic carbocycles. The molecule has 128 valence electrons. The highest BCUT2D eigenvalue weighted by molar-refractivity contribution is 7.90. The van der Waals surface area contributed by atoms with Crippen molar-refractivity contribution in [3.05, 3.63) is 35.9 Å². The maximum Gasteiger partial charge on any atom is 0.338 e. The molecule has 6 unspecified atom stereocenters. The number of esters is 2. The molecular weight excluding hydrogens is 338 g/mol. The minimum Gasteiger partial charge on any atom is -0.469 e. The number of carbonyl (C=O) groups is 2. The third kappa shape index (κ3) is 2.08. The molecule has 3 fully saturated rings. The van der Waals surface area contributed by atoms with E-state index >= 15 is 0 Å². The lowest BCUT2D eigenvalue weighted by atomic mass is 9.84. The highest BCUT2D eigenvalue weighted by Crippen LogP contribution is 2.48. The van der Waals surface area contributed by atoms with E-state index in [1.54, 1.807) is 30.3 Å². The lowest BCUT2D eigenvalue weighted by molar-refractivity contribution is -0.148. The topological polar surface area (TPSA) is 108 Å². The Labute approximate surface area is 138 Å². The molecule has 1 aromatic rings. The van der Waals surface area contributed by atoms with E-state index in [1.165, 1.54) is 7.11 Å². The van der Waals surface area contributed by atoms with Crippen LogP contribution in [0.4, 0.5) is 0 Å². The normalized spacial score (nSPS) is 38.0. The van der Waals surface area contributed by atoms with Crippen LogP contribution >= 0.6 is 0 Å². The molecule has 2 bridgehead atoms. The van der Waals surface area contributed by atoms with Gasteiger partial charge in [0.15, 0.2) is 0 Å². The summed E-state index contributed by atoms with van der Waals surface area (Å²) in [4.78, 5) is 24.3. The molecule has 4 rings (SSSR count). The van der Waals surface area contributed by atoms with Crippen molar-refractivity contribution in [2.24, 2.45) is 5.92 Å². The summed E-state index contributed by atoms with van der Waals surface area (Å²) >= 11 is 0. The van der Waals surface area contributed by atoms with E-state index in [0.717, 1.165) is 0 Å². The third-order valence-electron chi connectivity index (χ3n) is 4.76. The minimum atomic E-state index is -3.74. The second-order valence-electron chi connectivity index (χ2n) is 6.00. The number of ether oxygens (including phenoxy) is 3. The summed E-state index contributed by atoms with van der Waals surface area (Å²) in [5.41, 5.74) is 0.340. The molecule has 3 aliphatic heterocycles. The van der Waals surface area contributed by atoms with E-state index in [-0.39, 0.29) is 0 Å². The zero-order valence-corrected chi connectivity index (χ0v) is 13.4. The van der Waals surface area contributed by atoms with Crippen LogP contribution in [0.5, 0.6) is 0 Å². The molecule has 6 atom stereocenters. The Bertz CT molecular complexity index is 793. The van der Waals surface area contributed by atoms with E-state index in [0.29, 0.717) is 5.56 Å². The first-order valence-electron chi connectivity index (χ1n) is 7.44. The summed E-state index contributed by atoms with van der Waals surface area (Å²) in [6.45, 7) is 0. The molecule has 24 heavy (non-hydrogen) atoms. The van der Waals surface area contributed by atoms with E-state index in [2.05, 4.69) is 4.72 Å². The van der Waals surface area contributed by atoms with Gasteiger partial charge in [0, 0.05) is 0 Å². The van der Waals surface area contributed by atoms with Gasteiger partial charge >= 0.3 is 11.9 Å². The summed E-state index contributed by atoms with van der Waals surface area (Å²) < 4.78 is 42.9. The Balaban J connectivity index is 1.64. The number of fused-ring (bicyclic) bond motifs is 1. The molecule has 0 amide bonds. The van der Waals surface area contributed by atoms with Gasteiger partial charge in [-0.15, -0.1) is 0 Å².